The van der Waals surface area contributed by atoms with Crippen molar-refractivity contribution in [1.82, 2.24) is 0 Å². The summed E-state index contributed by atoms with van der Waals surface area (Å²) in [7, 11) is 0. The molecule has 0 N–H and O–H groups in total. The van der Waals surface area contributed by atoms with Crippen molar-refractivity contribution in [2.45, 2.75) is 45.1 Å². The van der Waals surface area contributed by atoms with Gasteiger partial charge in [-0.1, -0.05) is 6.92 Å². The smallest absolute Gasteiger partial charge is 0.309 e. The Labute approximate surface area is 140 Å². The fraction of sp³-hybridized carbons (Fsp3) is 0.632. The van der Waals surface area contributed by atoms with Gasteiger partial charge in [0.05, 0.1) is 18.4 Å². The first-order chi connectivity index (χ1) is 11.5. The van der Waals surface area contributed by atoms with Gasteiger partial charge in [0.15, 0.2) is 0 Å². The van der Waals surface area contributed by atoms with Crippen LogP contribution in [-0.4, -0.2) is 18.0 Å². The third-order valence-corrected chi connectivity index (χ3v) is 6.67. The van der Waals surface area contributed by atoms with Gasteiger partial charge in [-0.25, -0.2) is 0 Å². The van der Waals surface area contributed by atoms with Gasteiger partial charge < -0.3 is 13.9 Å². The lowest BCUT2D eigenvalue weighted by Gasteiger charge is -2.54. The van der Waals surface area contributed by atoms with E-state index in [4.69, 9.17) is 9.15 Å². The minimum absolute atomic E-state index is 0.0415. The molecule has 2 saturated carbocycles. The lowest BCUT2D eigenvalue weighted by Crippen LogP contribution is -2.55. The van der Waals surface area contributed by atoms with Crippen LogP contribution < -0.4 is 0 Å². The molecule has 1 aliphatic heterocycles. The van der Waals surface area contributed by atoms with E-state index in [-0.39, 0.29) is 46.9 Å². The van der Waals surface area contributed by atoms with Gasteiger partial charge in [-0.15, -0.1) is 0 Å². The van der Waals surface area contributed by atoms with Crippen molar-refractivity contribution >= 4 is 18.0 Å². The van der Waals surface area contributed by atoms with E-state index in [0.717, 1.165) is 18.3 Å². The second kappa shape index (κ2) is 5.57. The van der Waals surface area contributed by atoms with E-state index in [1.807, 2.05) is 0 Å². The maximum absolute atomic E-state index is 12.8. The molecular formula is C19H22O5. The van der Waals surface area contributed by atoms with Crippen molar-refractivity contribution in [3.05, 3.63) is 24.2 Å². The van der Waals surface area contributed by atoms with Crippen LogP contribution in [0.15, 0.2) is 23.0 Å². The van der Waals surface area contributed by atoms with Crippen molar-refractivity contribution in [3.63, 3.8) is 0 Å². The number of rotatable bonds is 2. The molecule has 128 valence electrons. The fourth-order valence-corrected chi connectivity index (χ4v) is 5.36. The zero-order chi connectivity index (χ0) is 16.9. The van der Waals surface area contributed by atoms with E-state index in [1.54, 1.807) is 18.6 Å². The van der Waals surface area contributed by atoms with Gasteiger partial charge in [-0.2, -0.15) is 0 Å². The third kappa shape index (κ3) is 2.17. The zero-order valence-electron chi connectivity index (χ0n) is 13.8. The van der Waals surface area contributed by atoms with Crippen molar-refractivity contribution in [2.75, 3.05) is 0 Å². The summed E-state index contributed by atoms with van der Waals surface area (Å²) in [5, 5.41) is 0. The summed E-state index contributed by atoms with van der Waals surface area (Å²) in [4.78, 5) is 36.9. The van der Waals surface area contributed by atoms with Crippen LogP contribution in [0.4, 0.5) is 0 Å². The molecule has 4 rings (SSSR count). The van der Waals surface area contributed by atoms with E-state index in [9.17, 15) is 14.4 Å². The van der Waals surface area contributed by atoms with E-state index >= 15 is 0 Å². The SMILES string of the molecule is CC12CCC3C(=O)OC(c4ccoc4)CC3C1C(=O)CC[C@H]2C=O. The highest BCUT2D eigenvalue weighted by Crippen LogP contribution is 2.58. The Morgan fingerprint density at radius 2 is 2.12 bits per heavy atom. The predicted octanol–water partition coefficient (Wildman–Crippen LogP) is 3.09. The van der Waals surface area contributed by atoms with Crippen LogP contribution in [0, 0.1) is 29.1 Å². The largest absolute Gasteiger partial charge is 0.472 e. The average molecular weight is 330 g/mol. The summed E-state index contributed by atoms with van der Waals surface area (Å²) >= 11 is 0. The Bertz CT molecular complexity index is 663. The van der Waals surface area contributed by atoms with Crippen LogP contribution >= 0.6 is 0 Å². The number of ketones is 1. The summed E-state index contributed by atoms with van der Waals surface area (Å²) in [5.74, 6) is -0.568. The molecule has 0 amide bonds. The van der Waals surface area contributed by atoms with E-state index in [2.05, 4.69) is 6.92 Å². The molecule has 0 bridgehead atoms. The number of hydrogen-bond donors (Lipinski definition) is 0. The molecule has 2 heterocycles. The average Bonchev–Trinajstić information content (AvgIpc) is 3.08. The molecule has 5 unspecified atom stereocenters. The minimum atomic E-state index is -0.357. The lowest BCUT2D eigenvalue weighted by atomic mass is 9.49. The number of Topliss-reactive ketones (excluding diaryl/α,β-unsaturated/α-hetero) is 1. The van der Waals surface area contributed by atoms with Gasteiger partial charge in [0, 0.05) is 23.8 Å². The molecular weight excluding hydrogens is 308 g/mol. The lowest BCUT2D eigenvalue weighted by molar-refractivity contribution is -0.181. The van der Waals surface area contributed by atoms with E-state index < -0.39 is 0 Å². The molecule has 3 aliphatic rings. The molecule has 1 saturated heterocycles. The number of ether oxygens (including phenoxy) is 1. The normalized spacial score (nSPS) is 42.0. The van der Waals surface area contributed by atoms with Gasteiger partial charge in [0.25, 0.3) is 0 Å². The van der Waals surface area contributed by atoms with Gasteiger partial charge in [0.2, 0.25) is 0 Å². The number of esters is 1. The molecule has 0 aromatic carbocycles. The molecule has 0 spiro atoms. The first-order valence-corrected chi connectivity index (χ1v) is 8.75. The van der Waals surface area contributed by atoms with E-state index in [1.165, 1.54) is 0 Å². The number of furan rings is 1. The molecule has 5 nitrogen and oxygen atoms in total. The van der Waals surface area contributed by atoms with Crippen molar-refractivity contribution in [3.8, 4) is 0 Å². The maximum Gasteiger partial charge on any atom is 0.309 e. The molecule has 1 aromatic heterocycles. The van der Waals surface area contributed by atoms with Gasteiger partial charge >= 0.3 is 5.97 Å². The maximum atomic E-state index is 12.8. The fourth-order valence-electron chi connectivity index (χ4n) is 5.36. The number of carbonyl (C=O) groups excluding carboxylic acids is 3. The van der Waals surface area contributed by atoms with Gasteiger partial charge in [-0.05, 0) is 43.1 Å². The van der Waals surface area contributed by atoms with Crippen molar-refractivity contribution < 1.29 is 23.5 Å². The number of fused-ring (bicyclic) bond motifs is 3. The Kier molecular flexibility index (Phi) is 3.62. The summed E-state index contributed by atoms with van der Waals surface area (Å²) in [6, 6.07) is 1.80. The Morgan fingerprint density at radius 1 is 1.29 bits per heavy atom. The molecule has 2 aliphatic carbocycles. The highest BCUT2D eigenvalue weighted by molar-refractivity contribution is 5.86. The van der Waals surface area contributed by atoms with Gasteiger partial charge in [-0.3, -0.25) is 9.59 Å². The summed E-state index contributed by atoms with van der Waals surface area (Å²) < 4.78 is 10.7. The van der Waals surface area contributed by atoms with Gasteiger partial charge in [0.1, 0.15) is 18.2 Å². The van der Waals surface area contributed by atoms with Crippen LogP contribution in [0.3, 0.4) is 0 Å². The predicted molar refractivity (Wildman–Crippen MR) is 83.8 cm³/mol. The molecule has 24 heavy (non-hydrogen) atoms. The third-order valence-electron chi connectivity index (χ3n) is 6.67. The second-order valence-corrected chi connectivity index (χ2v) is 7.76. The summed E-state index contributed by atoms with van der Waals surface area (Å²) in [6.45, 7) is 2.07. The van der Waals surface area contributed by atoms with Crippen LogP contribution in [0.25, 0.3) is 0 Å². The first-order valence-electron chi connectivity index (χ1n) is 8.75. The van der Waals surface area contributed by atoms with Crippen LogP contribution in [0.1, 0.15) is 50.7 Å². The quantitative estimate of drug-likeness (QED) is 0.615. The topological polar surface area (TPSA) is 73.6 Å². The first kappa shape index (κ1) is 15.6. The van der Waals surface area contributed by atoms with Crippen molar-refractivity contribution in [1.29, 1.82) is 0 Å². The Balaban J connectivity index is 1.69. The van der Waals surface area contributed by atoms with Crippen LogP contribution in [0.2, 0.25) is 0 Å². The molecule has 0 radical (unpaired) electrons. The monoisotopic (exact) mass is 330 g/mol. The van der Waals surface area contributed by atoms with E-state index in [0.29, 0.717) is 25.7 Å². The molecule has 1 aromatic rings. The van der Waals surface area contributed by atoms with Crippen LogP contribution in [0.5, 0.6) is 0 Å². The Hall–Kier alpha value is -1.91. The second-order valence-electron chi connectivity index (χ2n) is 7.76. The van der Waals surface area contributed by atoms with Crippen LogP contribution in [-0.2, 0) is 19.1 Å². The number of cyclic esters (lactones) is 1. The summed E-state index contributed by atoms with van der Waals surface area (Å²) in [5.41, 5.74) is 0.515. The minimum Gasteiger partial charge on any atom is -0.472 e. The molecule has 3 fully saturated rings. The number of carbonyl (C=O) groups is 3. The number of aldehydes is 1. The number of hydrogen-bond acceptors (Lipinski definition) is 5. The zero-order valence-corrected chi connectivity index (χ0v) is 13.8. The van der Waals surface area contributed by atoms with Crippen molar-refractivity contribution in [2.24, 2.45) is 29.1 Å². The molecule has 6 atom stereocenters. The standard InChI is InChI=1S/C19H22O5/c1-19-6-4-13-14(17(19)15(21)3-2-12(19)9-20)8-16(24-18(13)22)11-5-7-23-10-11/h5,7,9-10,12-14,16-17H,2-4,6,8H2,1H3/t12-,13?,14?,16?,17?,19?/m0/s1. The highest BCUT2D eigenvalue weighted by Gasteiger charge is 2.58. The summed E-state index contributed by atoms with van der Waals surface area (Å²) in [6.07, 6.45) is 6.98. The highest BCUT2D eigenvalue weighted by atomic mass is 16.5. The molecule has 5 heteroatoms. The Morgan fingerprint density at radius 3 is 2.83 bits per heavy atom.